The molecule has 3 unspecified atom stereocenters. The van der Waals surface area contributed by atoms with Crippen molar-refractivity contribution in [3.8, 4) is 0 Å². The smallest absolute Gasteiger partial charge is 0.778 e. The van der Waals surface area contributed by atoms with Crippen molar-refractivity contribution in [2.75, 3.05) is 176 Å². The molecule has 2 aliphatic heterocycles. The van der Waals surface area contributed by atoms with Crippen molar-refractivity contribution in [3.63, 3.8) is 0 Å². The SMILES string of the molecule is O=C([O-])CN1CCN(CC(=O)[O-])CCN(CC(O)CN(CC(O)CN2CCN(CC(=O)[O-])CCN(CC(=O)[O-])CCN(CC(=O)[O-])CC2)CP(=O)([O-])O)CCN(CC(=O)[O-])CC1.[Gd+3].[Gd+3].[Na+]. The molecule has 0 spiro atoms. The Morgan fingerprint density at radius 1 is 0.431 bits per heavy atom. The van der Waals surface area contributed by atoms with Crippen LogP contribution >= 0.6 is 7.60 Å². The Hall–Kier alpha value is 0.179. The first-order chi connectivity index (χ1) is 29.0. The molecule has 3 atom stereocenters. The van der Waals surface area contributed by atoms with Crippen LogP contribution in [0.1, 0.15) is 0 Å². The van der Waals surface area contributed by atoms with Crippen LogP contribution in [0, 0.1) is 79.9 Å². The Bertz CT molecular complexity index is 1340. The van der Waals surface area contributed by atoms with Gasteiger partial charge < -0.3 is 84.0 Å². The largest absolute Gasteiger partial charge is 3.00 e. The molecule has 2 radical (unpaired) electrons. The van der Waals surface area contributed by atoms with Crippen molar-refractivity contribution in [1.82, 2.24) is 44.1 Å². The van der Waals surface area contributed by atoms with Crippen LogP contribution in [0.4, 0.5) is 0 Å². The fourth-order valence-electron chi connectivity index (χ4n) is 7.32. The van der Waals surface area contributed by atoms with Gasteiger partial charge in [0.2, 0.25) is 0 Å². The van der Waals surface area contributed by atoms with Gasteiger partial charge in [0.05, 0.1) is 54.3 Å². The van der Waals surface area contributed by atoms with E-state index in [0.717, 1.165) is 4.90 Å². The molecular weight excluding hydrogens is 1190 g/mol. The maximum absolute atomic E-state index is 12.1. The molecule has 65 heavy (non-hydrogen) atoms. The number of rotatable bonds is 22. The van der Waals surface area contributed by atoms with E-state index in [0.29, 0.717) is 0 Å². The average molecular weight is 1250 g/mol. The normalized spacial score (nSPS) is 20.4. The number of aliphatic hydroxyl groups excluding tert-OH is 2. The predicted octanol–water partition coefficient (Wildman–Crippen LogP) is -17.5. The minimum absolute atomic E-state index is 0. The zero-order chi connectivity index (χ0) is 46.4. The van der Waals surface area contributed by atoms with E-state index in [1.807, 2.05) is 0 Å². The molecule has 0 saturated carbocycles. The van der Waals surface area contributed by atoms with Gasteiger partial charge in [0.15, 0.2) is 0 Å². The third kappa shape index (κ3) is 34.2. The second-order valence-electron chi connectivity index (χ2n) is 15.6. The summed E-state index contributed by atoms with van der Waals surface area (Å²) in [7, 11) is -5.04. The first-order valence-corrected chi connectivity index (χ1v) is 21.9. The van der Waals surface area contributed by atoms with Gasteiger partial charge in [-0.25, -0.2) is 0 Å². The molecule has 0 aromatic heterocycles. The van der Waals surface area contributed by atoms with Gasteiger partial charge in [0.1, 0.15) is 7.60 Å². The summed E-state index contributed by atoms with van der Waals surface area (Å²) in [6.45, 7) is -2.61. The van der Waals surface area contributed by atoms with Crippen LogP contribution in [0.5, 0.6) is 0 Å². The molecule has 368 valence electrons. The zero-order valence-corrected chi connectivity index (χ0v) is 43.9. The van der Waals surface area contributed by atoms with Crippen molar-refractivity contribution in [1.29, 1.82) is 0 Å². The summed E-state index contributed by atoms with van der Waals surface area (Å²) in [5.41, 5.74) is 0. The maximum atomic E-state index is 12.1. The minimum atomic E-state index is -5.04. The molecule has 2 heterocycles. The van der Waals surface area contributed by atoms with Crippen LogP contribution in [0.25, 0.3) is 0 Å². The van der Waals surface area contributed by atoms with E-state index < -0.39 is 114 Å². The number of hydrogen-bond acceptors (Lipinski definition) is 25. The minimum Gasteiger partial charge on any atom is -0.778 e. The summed E-state index contributed by atoms with van der Waals surface area (Å²) in [6.07, 6.45) is -3.68. The fourth-order valence-corrected chi connectivity index (χ4v) is 8.05. The number of β-amino-alcohol motifs (C(OH)–C–C–N with tert-alkyl or cyclic N) is 2. The molecular formula is C35H59Gd2N9NaO17P. The number of carbonyl (C=O) groups excluding carboxylic acids is 6. The zero-order valence-electron chi connectivity index (χ0n) is 36.5. The first-order valence-electron chi connectivity index (χ1n) is 20.1. The van der Waals surface area contributed by atoms with Crippen LogP contribution in [-0.4, -0.2) is 284 Å². The third-order valence-corrected chi connectivity index (χ3v) is 11.0. The van der Waals surface area contributed by atoms with E-state index in [-0.39, 0.29) is 227 Å². The van der Waals surface area contributed by atoms with E-state index in [4.69, 9.17) is 0 Å². The maximum Gasteiger partial charge on any atom is 3.00 e. The summed E-state index contributed by atoms with van der Waals surface area (Å²) in [5, 5.41) is 91.3. The van der Waals surface area contributed by atoms with E-state index in [2.05, 4.69) is 0 Å². The van der Waals surface area contributed by atoms with Crippen molar-refractivity contribution >= 4 is 43.4 Å². The average Bonchev–Trinajstić information content (AvgIpc) is 3.11. The van der Waals surface area contributed by atoms with Gasteiger partial charge in [0, 0.05) is 170 Å². The molecule has 0 aliphatic carbocycles. The van der Waals surface area contributed by atoms with Crippen molar-refractivity contribution < 1.29 is 193 Å². The Kier molecular flexibility index (Phi) is 37.4. The first kappa shape index (κ1) is 67.3. The fraction of sp³-hybridized carbons (Fsp3) is 0.829. The summed E-state index contributed by atoms with van der Waals surface area (Å²) >= 11 is 0. The Balaban J connectivity index is 0. The quantitative estimate of drug-likeness (QED) is 0.0669. The number of aliphatic hydroxyl groups is 2. The number of carboxylic acids is 6. The molecule has 2 aliphatic rings. The van der Waals surface area contributed by atoms with Crippen LogP contribution in [0.2, 0.25) is 0 Å². The second-order valence-corrected chi connectivity index (χ2v) is 17.2. The van der Waals surface area contributed by atoms with Gasteiger partial charge in [-0.3, -0.25) is 44.1 Å². The molecule has 30 heteroatoms. The van der Waals surface area contributed by atoms with Crippen molar-refractivity contribution in [3.05, 3.63) is 0 Å². The topological polar surface area (TPSA) is 371 Å². The van der Waals surface area contributed by atoms with Gasteiger partial charge in [-0.1, -0.05) is 0 Å². The van der Waals surface area contributed by atoms with Crippen LogP contribution < -0.4 is 65.1 Å². The van der Waals surface area contributed by atoms with Crippen LogP contribution in [0.3, 0.4) is 0 Å². The Morgan fingerprint density at radius 3 is 0.754 bits per heavy atom. The van der Waals surface area contributed by atoms with Gasteiger partial charge in [-0.05, 0) is 0 Å². The number of nitrogens with zero attached hydrogens (tertiary/aromatic N) is 9. The standard InChI is InChI=1S/C35H66N9O17P.2Gd.Na/c45-28(17-36-1-5-38(21-30(47)48)9-13-42(25-34(55)56)14-10-39(6-2-36)22-31(49)50)19-44(27-62(59,60)61)20-29(46)18-37-3-7-40(23-32(51)52)11-15-43(26-35(57)58)16-12-41(8-4-37)24-33(53)54;;;/h28-29,45-46H,1-27H2,(H,47,48)(H,49,50)(H,51,52)(H,53,54)(H,55,56)(H,57,58)(H2,59,60,61);;;/q;2*+3;+1/p-7. The monoisotopic (exact) mass is 1250 g/mol. The number of hydrogen-bond donors (Lipinski definition) is 3. The van der Waals surface area contributed by atoms with E-state index in [1.165, 1.54) is 29.4 Å². The van der Waals surface area contributed by atoms with Gasteiger partial charge in [-0.2, -0.15) is 0 Å². The van der Waals surface area contributed by atoms with Gasteiger partial charge in [-0.15, -0.1) is 0 Å². The Labute approximate surface area is 464 Å². The molecule has 0 aromatic carbocycles. The number of carboxylic acid groups (broad SMARTS) is 6. The molecule has 2 rings (SSSR count). The van der Waals surface area contributed by atoms with E-state index in [1.54, 1.807) is 9.80 Å². The third-order valence-electron chi connectivity index (χ3n) is 10.2. The summed E-state index contributed by atoms with van der Waals surface area (Å²) in [6, 6.07) is 0. The predicted molar refractivity (Wildman–Crippen MR) is 200 cm³/mol. The second kappa shape index (κ2) is 36.2. The van der Waals surface area contributed by atoms with Crippen LogP contribution in [0.15, 0.2) is 0 Å². The summed E-state index contributed by atoms with van der Waals surface area (Å²) in [4.78, 5) is 104. The number of aliphatic carboxylic acids is 6. The molecule has 2 saturated heterocycles. The summed E-state index contributed by atoms with van der Waals surface area (Å²) in [5.74, 6) is -8.33. The molecule has 2 fully saturated rings. The van der Waals surface area contributed by atoms with Crippen molar-refractivity contribution in [2.24, 2.45) is 0 Å². The molecule has 0 amide bonds. The van der Waals surface area contributed by atoms with Gasteiger partial charge in [0.25, 0.3) is 0 Å². The van der Waals surface area contributed by atoms with Crippen LogP contribution in [-0.2, 0) is 33.3 Å². The van der Waals surface area contributed by atoms with Gasteiger partial charge >= 0.3 is 109 Å². The van der Waals surface area contributed by atoms with Crippen molar-refractivity contribution in [2.45, 2.75) is 12.2 Å². The molecule has 3 N–H and O–H groups in total. The molecule has 0 bridgehead atoms. The van der Waals surface area contributed by atoms with E-state index in [9.17, 15) is 84.0 Å². The summed E-state index contributed by atoms with van der Waals surface area (Å²) < 4.78 is 12.1. The molecule has 0 aromatic rings. The van der Waals surface area contributed by atoms with E-state index >= 15 is 0 Å². The Morgan fingerprint density at radius 2 is 0.600 bits per heavy atom. The molecule has 26 nitrogen and oxygen atoms in total. The number of carbonyl (C=O) groups is 6.